The minimum absolute atomic E-state index is 0.0324. The van der Waals surface area contributed by atoms with Crippen LogP contribution in [0.3, 0.4) is 0 Å². The summed E-state index contributed by atoms with van der Waals surface area (Å²) >= 11 is 0. The second-order valence-corrected chi connectivity index (χ2v) is 8.07. The lowest BCUT2D eigenvalue weighted by Crippen LogP contribution is -2.72. The number of anilines is 2. The van der Waals surface area contributed by atoms with E-state index in [1.165, 1.54) is 0 Å². The molecule has 0 aromatic carbocycles. The van der Waals surface area contributed by atoms with Gasteiger partial charge in [0, 0.05) is 27.2 Å². The number of aromatic nitrogens is 4. The highest BCUT2D eigenvalue weighted by Gasteiger charge is 2.72. The van der Waals surface area contributed by atoms with Gasteiger partial charge in [-0.3, -0.25) is 14.7 Å². The van der Waals surface area contributed by atoms with Crippen molar-refractivity contribution < 1.29 is 19.0 Å². The molecule has 2 bridgehead atoms. The molecule has 4 aliphatic rings. The number of methoxy groups -OCH3 is 1. The minimum atomic E-state index is -0.317. The smallest absolute Gasteiger partial charge is 0.323 e. The highest BCUT2D eigenvalue weighted by atomic mass is 16.5. The first kappa shape index (κ1) is 18.3. The Hall–Kier alpha value is -2.72. The van der Waals surface area contributed by atoms with E-state index in [0.29, 0.717) is 24.9 Å². The van der Waals surface area contributed by atoms with Gasteiger partial charge in [-0.15, -0.1) is 5.10 Å². The third-order valence-electron chi connectivity index (χ3n) is 6.22. The molecule has 10 nitrogen and oxygen atoms in total. The van der Waals surface area contributed by atoms with E-state index in [9.17, 15) is 4.79 Å². The number of hydrogen-bond acceptors (Lipinski definition) is 8. The van der Waals surface area contributed by atoms with Crippen LogP contribution in [0.5, 0.6) is 11.8 Å². The fraction of sp³-hybridized carbons (Fsp3) is 0.579. The summed E-state index contributed by atoms with van der Waals surface area (Å²) < 4.78 is 18.2. The first-order valence-corrected chi connectivity index (χ1v) is 9.75. The summed E-state index contributed by atoms with van der Waals surface area (Å²) in [4.78, 5) is 19.2. The fourth-order valence-electron chi connectivity index (χ4n) is 4.42. The molecule has 0 spiro atoms. The van der Waals surface area contributed by atoms with E-state index in [0.717, 1.165) is 38.2 Å². The highest BCUT2D eigenvalue weighted by Crippen LogP contribution is 2.69. The van der Waals surface area contributed by atoms with Crippen LogP contribution in [0.2, 0.25) is 0 Å². The standard InChI is InChI=1S/C19H24N6O4/c1-24-16(21-15(26)18-10-19(11-18,12-18)27-2)22-23-17(24)29-13-3-4-14(20-9-13)25-5-7-28-8-6-25/h3-4,9H,5-8,10-12H2,1-2H3,(H,21,22,26). The van der Waals surface area contributed by atoms with E-state index >= 15 is 0 Å². The van der Waals surface area contributed by atoms with Crippen LogP contribution in [0.25, 0.3) is 0 Å². The van der Waals surface area contributed by atoms with E-state index in [-0.39, 0.29) is 22.9 Å². The maximum absolute atomic E-state index is 12.6. The molecule has 154 valence electrons. The maximum atomic E-state index is 12.6. The lowest BCUT2D eigenvalue weighted by Gasteiger charge is -2.67. The molecule has 4 fully saturated rings. The molecular weight excluding hydrogens is 376 g/mol. The summed E-state index contributed by atoms with van der Waals surface area (Å²) in [5.41, 5.74) is -0.395. The number of ether oxygens (including phenoxy) is 3. The van der Waals surface area contributed by atoms with Gasteiger partial charge in [-0.2, -0.15) is 0 Å². The number of nitrogens with zero attached hydrogens (tertiary/aromatic N) is 5. The lowest BCUT2D eigenvalue weighted by molar-refractivity contribution is -0.260. The molecule has 2 aromatic heterocycles. The number of nitrogens with one attached hydrogen (secondary N) is 1. The van der Waals surface area contributed by atoms with Gasteiger partial charge in [-0.25, -0.2) is 4.98 Å². The molecule has 0 atom stereocenters. The number of morpholine rings is 1. The zero-order chi connectivity index (χ0) is 20.1. The Labute approximate surface area is 168 Å². The van der Waals surface area contributed by atoms with Gasteiger partial charge in [0.2, 0.25) is 11.9 Å². The molecule has 0 unspecified atom stereocenters. The predicted molar refractivity (Wildman–Crippen MR) is 103 cm³/mol. The number of hydrogen-bond donors (Lipinski definition) is 1. The number of rotatable bonds is 6. The van der Waals surface area contributed by atoms with Crippen LogP contribution in [-0.2, 0) is 21.3 Å². The van der Waals surface area contributed by atoms with Crippen molar-refractivity contribution in [3.63, 3.8) is 0 Å². The molecule has 3 saturated carbocycles. The van der Waals surface area contributed by atoms with Gasteiger partial charge in [0.1, 0.15) is 11.6 Å². The van der Waals surface area contributed by atoms with Crippen LogP contribution in [0, 0.1) is 5.41 Å². The largest absolute Gasteiger partial charge is 0.423 e. The molecule has 1 saturated heterocycles. The third-order valence-corrected chi connectivity index (χ3v) is 6.22. The number of carbonyl (C=O) groups is 1. The Bertz CT molecular complexity index is 902. The Balaban J connectivity index is 1.21. The van der Waals surface area contributed by atoms with Crippen LogP contribution in [0.15, 0.2) is 18.3 Å². The van der Waals surface area contributed by atoms with Gasteiger partial charge >= 0.3 is 6.01 Å². The normalized spacial score (nSPS) is 27.7. The zero-order valence-electron chi connectivity index (χ0n) is 16.6. The maximum Gasteiger partial charge on any atom is 0.323 e. The number of pyridine rings is 1. The molecule has 10 heteroatoms. The van der Waals surface area contributed by atoms with Gasteiger partial charge < -0.3 is 19.1 Å². The summed E-state index contributed by atoms with van der Waals surface area (Å²) in [6.07, 6.45) is 3.96. The number of amides is 1. The second kappa shape index (κ2) is 6.67. The Kier molecular flexibility index (Phi) is 4.21. The average molecular weight is 400 g/mol. The predicted octanol–water partition coefficient (Wildman–Crippen LogP) is 1.35. The molecular formula is C19H24N6O4. The van der Waals surface area contributed by atoms with E-state index in [1.54, 1.807) is 24.9 Å². The van der Waals surface area contributed by atoms with Crippen molar-refractivity contribution in [3.05, 3.63) is 18.3 Å². The Morgan fingerprint density at radius 2 is 1.97 bits per heavy atom. The zero-order valence-corrected chi connectivity index (χ0v) is 16.6. The van der Waals surface area contributed by atoms with E-state index < -0.39 is 0 Å². The van der Waals surface area contributed by atoms with Gasteiger partial charge in [0.25, 0.3) is 0 Å². The van der Waals surface area contributed by atoms with Crippen molar-refractivity contribution in [1.29, 1.82) is 0 Å². The second-order valence-electron chi connectivity index (χ2n) is 8.07. The molecule has 3 aliphatic carbocycles. The minimum Gasteiger partial charge on any atom is -0.423 e. The molecule has 2 aromatic rings. The Morgan fingerprint density at radius 1 is 1.21 bits per heavy atom. The van der Waals surface area contributed by atoms with Gasteiger partial charge in [0.05, 0.1) is 30.4 Å². The summed E-state index contributed by atoms with van der Waals surface area (Å²) in [5.74, 6) is 1.77. The molecule has 1 amide bonds. The van der Waals surface area contributed by atoms with Gasteiger partial charge in [0.15, 0.2) is 0 Å². The van der Waals surface area contributed by atoms with Crippen LogP contribution in [-0.4, -0.2) is 64.7 Å². The van der Waals surface area contributed by atoms with Crippen LogP contribution < -0.4 is 15.0 Å². The summed E-state index contributed by atoms with van der Waals surface area (Å²) in [6.45, 7) is 3.07. The van der Waals surface area contributed by atoms with Gasteiger partial charge in [-0.1, -0.05) is 5.10 Å². The van der Waals surface area contributed by atoms with E-state index in [1.807, 2.05) is 12.1 Å². The van der Waals surface area contributed by atoms with Crippen LogP contribution in [0.4, 0.5) is 11.8 Å². The first-order valence-electron chi connectivity index (χ1n) is 9.75. The molecule has 0 radical (unpaired) electrons. The summed E-state index contributed by atoms with van der Waals surface area (Å²) in [6, 6.07) is 4.04. The molecule has 6 rings (SSSR count). The Morgan fingerprint density at radius 3 is 2.62 bits per heavy atom. The fourth-order valence-corrected chi connectivity index (χ4v) is 4.42. The van der Waals surface area contributed by atoms with Crippen molar-refractivity contribution in [2.45, 2.75) is 24.9 Å². The highest BCUT2D eigenvalue weighted by molar-refractivity contribution is 5.97. The molecule has 1 aliphatic heterocycles. The quantitative estimate of drug-likeness (QED) is 0.775. The number of carbonyl (C=O) groups excluding carboxylic acids is 1. The van der Waals surface area contributed by atoms with Crippen molar-refractivity contribution in [1.82, 2.24) is 19.7 Å². The van der Waals surface area contributed by atoms with Gasteiger partial charge in [-0.05, 0) is 31.4 Å². The van der Waals surface area contributed by atoms with E-state index in [4.69, 9.17) is 14.2 Å². The average Bonchev–Trinajstić information content (AvgIpc) is 3.01. The summed E-state index contributed by atoms with van der Waals surface area (Å²) in [5, 5.41) is 11.0. The van der Waals surface area contributed by atoms with Crippen LogP contribution in [0.1, 0.15) is 19.3 Å². The molecule has 29 heavy (non-hydrogen) atoms. The van der Waals surface area contributed by atoms with Crippen LogP contribution >= 0.6 is 0 Å². The third kappa shape index (κ3) is 3.03. The first-order chi connectivity index (χ1) is 14.0. The van der Waals surface area contributed by atoms with Crippen molar-refractivity contribution >= 4 is 17.7 Å². The van der Waals surface area contributed by atoms with Crippen molar-refractivity contribution in [2.24, 2.45) is 12.5 Å². The topological polar surface area (TPSA) is 104 Å². The monoisotopic (exact) mass is 400 g/mol. The van der Waals surface area contributed by atoms with E-state index in [2.05, 4.69) is 25.4 Å². The molecule has 1 N–H and O–H groups in total. The van der Waals surface area contributed by atoms with Crippen molar-refractivity contribution in [2.75, 3.05) is 43.6 Å². The van der Waals surface area contributed by atoms with Crippen molar-refractivity contribution in [3.8, 4) is 11.8 Å². The lowest BCUT2D eigenvalue weighted by atomic mass is 9.41. The molecule has 3 heterocycles. The summed E-state index contributed by atoms with van der Waals surface area (Å²) in [7, 11) is 3.45. The SMILES string of the molecule is COC12CC(C(=O)Nc3nnc(Oc4ccc(N5CCOCC5)nc4)n3C)(C1)C2.